The highest BCUT2D eigenvalue weighted by molar-refractivity contribution is 6.30. The molecule has 1 aromatic carbocycles. The Kier molecular flexibility index (Phi) is 3.85. The maximum atomic E-state index is 12.3. The Balaban J connectivity index is 1.57. The van der Waals surface area contributed by atoms with Crippen LogP contribution in [-0.4, -0.2) is 17.5 Å². The summed E-state index contributed by atoms with van der Waals surface area (Å²) in [4.78, 5) is 29.5. The number of oxime groups is 1. The molecule has 2 bridgehead atoms. The highest BCUT2D eigenvalue weighted by atomic mass is 35.5. The predicted molar refractivity (Wildman–Crippen MR) is 90.8 cm³/mol. The van der Waals surface area contributed by atoms with Crippen molar-refractivity contribution in [2.45, 2.75) is 12.8 Å². The Hall–Kier alpha value is -2.20. The molecule has 1 aromatic rings. The van der Waals surface area contributed by atoms with Crippen molar-refractivity contribution in [2.75, 3.05) is 0 Å². The number of allylic oxidation sites excluding steroid dienone is 4. The Morgan fingerprint density at radius 3 is 2.38 bits per heavy atom. The van der Waals surface area contributed by atoms with E-state index in [2.05, 4.69) is 17.3 Å². The molecule has 1 saturated carbocycles. The van der Waals surface area contributed by atoms with Crippen LogP contribution in [0.2, 0.25) is 5.02 Å². The third-order valence-electron chi connectivity index (χ3n) is 5.15. The summed E-state index contributed by atoms with van der Waals surface area (Å²) in [6.45, 7) is 0. The van der Waals surface area contributed by atoms with Crippen LogP contribution in [0.4, 0.5) is 0 Å². The minimum Gasteiger partial charge on any atom is -0.313 e. The smallest absolute Gasteiger partial charge is 0.313 e. The second kappa shape index (κ2) is 6.02. The van der Waals surface area contributed by atoms with E-state index in [0.29, 0.717) is 22.2 Å². The maximum absolute atomic E-state index is 12.3. The summed E-state index contributed by atoms with van der Waals surface area (Å²) in [6.07, 6.45) is 9.67. The number of carbonyl (C=O) groups excluding carboxylic acids is 2. The Morgan fingerprint density at radius 2 is 1.71 bits per heavy atom. The van der Waals surface area contributed by atoms with E-state index in [-0.39, 0.29) is 23.5 Å². The van der Waals surface area contributed by atoms with Crippen molar-refractivity contribution in [1.82, 2.24) is 0 Å². The van der Waals surface area contributed by atoms with Crippen LogP contribution in [0, 0.1) is 23.7 Å². The van der Waals surface area contributed by atoms with Gasteiger partial charge in [-0.3, -0.25) is 4.79 Å². The van der Waals surface area contributed by atoms with Crippen molar-refractivity contribution < 1.29 is 14.4 Å². The first-order chi connectivity index (χ1) is 11.6. The van der Waals surface area contributed by atoms with Crippen LogP contribution >= 0.6 is 11.6 Å². The molecule has 122 valence electrons. The van der Waals surface area contributed by atoms with E-state index in [9.17, 15) is 9.59 Å². The number of nitrogens with zero attached hydrogens (tertiary/aromatic N) is 1. The van der Waals surface area contributed by atoms with E-state index < -0.39 is 5.97 Å². The van der Waals surface area contributed by atoms with Crippen LogP contribution in [0.1, 0.15) is 23.2 Å². The first-order valence-corrected chi connectivity index (χ1v) is 8.46. The lowest BCUT2D eigenvalue weighted by Crippen LogP contribution is -2.46. The van der Waals surface area contributed by atoms with Crippen LogP contribution in [0.3, 0.4) is 0 Å². The molecule has 4 nitrogen and oxygen atoms in total. The van der Waals surface area contributed by atoms with Crippen molar-refractivity contribution in [3.8, 4) is 0 Å². The third kappa shape index (κ3) is 2.61. The van der Waals surface area contributed by atoms with Crippen molar-refractivity contribution in [2.24, 2.45) is 28.8 Å². The number of benzene rings is 1. The molecule has 0 N–H and O–H groups in total. The van der Waals surface area contributed by atoms with Crippen molar-refractivity contribution >= 4 is 29.1 Å². The number of ketones is 1. The minimum atomic E-state index is -0.530. The van der Waals surface area contributed by atoms with Gasteiger partial charge < -0.3 is 4.84 Å². The van der Waals surface area contributed by atoms with Gasteiger partial charge in [-0.2, -0.15) is 0 Å². The molecule has 0 aliphatic heterocycles. The molecular formula is C19H16ClNO3. The number of hydrogen-bond donors (Lipinski definition) is 0. The van der Waals surface area contributed by atoms with Crippen LogP contribution in [0.15, 0.2) is 53.7 Å². The molecule has 0 aromatic heterocycles. The summed E-state index contributed by atoms with van der Waals surface area (Å²) in [6, 6.07) is 6.45. The fourth-order valence-corrected chi connectivity index (χ4v) is 4.13. The van der Waals surface area contributed by atoms with Crippen molar-refractivity contribution in [3.05, 3.63) is 59.2 Å². The highest BCUT2D eigenvalue weighted by Gasteiger charge is 2.47. The molecule has 0 unspecified atom stereocenters. The zero-order valence-electron chi connectivity index (χ0n) is 12.9. The van der Waals surface area contributed by atoms with E-state index in [1.54, 1.807) is 36.4 Å². The number of rotatable bonds is 2. The lowest BCUT2D eigenvalue weighted by atomic mass is 9.58. The van der Waals surface area contributed by atoms with Gasteiger partial charge in [0.25, 0.3) is 0 Å². The number of hydrogen-bond acceptors (Lipinski definition) is 4. The van der Waals surface area contributed by atoms with Gasteiger partial charge in [-0.15, -0.1) is 0 Å². The molecule has 1 fully saturated rings. The van der Waals surface area contributed by atoms with Gasteiger partial charge in [0.1, 0.15) is 0 Å². The van der Waals surface area contributed by atoms with Crippen LogP contribution < -0.4 is 0 Å². The average molecular weight is 342 g/mol. The molecule has 0 spiro atoms. The topological polar surface area (TPSA) is 55.7 Å². The monoisotopic (exact) mass is 341 g/mol. The molecule has 5 heteroatoms. The van der Waals surface area contributed by atoms with Gasteiger partial charge in [-0.05, 0) is 61.1 Å². The van der Waals surface area contributed by atoms with Gasteiger partial charge in [0.05, 0.1) is 11.3 Å². The molecule has 0 saturated heterocycles. The van der Waals surface area contributed by atoms with Crippen molar-refractivity contribution in [1.29, 1.82) is 0 Å². The summed E-state index contributed by atoms with van der Waals surface area (Å²) in [5.74, 6) is 0.145. The molecule has 0 amide bonds. The maximum Gasteiger partial charge on any atom is 0.365 e. The summed E-state index contributed by atoms with van der Waals surface area (Å²) in [7, 11) is 0. The van der Waals surface area contributed by atoms with E-state index in [1.807, 2.05) is 0 Å². The first kappa shape index (κ1) is 15.3. The normalized spacial score (nSPS) is 32.0. The number of halogens is 1. The van der Waals surface area contributed by atoms with Crippen molar-refractivity contribution in [3.63, 3.8) is 0 Å². The summed E-state index contributed by atoms with van der Waals surface area (Å²) in [5.41, 5.74) is 1.07. The SMILES string of the molecule is O=C(O/N=C1\C=CC(=O)[C@@H]2[C@@H]1[C@H]1C=C[C@H]2CC1)c1ccc(Cl)cc1. The van der Waals surface area contributed by atoms with Crippen LogP contribution in [0.5, 0.6) is 0 Å². The average Bonchev–Trinajstić information content (AvgIpc) is 2.62. The molecular weight excluding hydrogens is 326 g/mol. The summed E-state index contributed by atoms with van der Waals surface area (Å²) < 4.78 is 0. The lowest BCUT2D eigenvalue weighted by Gasteiger charge is -2.45. The van der Waals surface area contributed by atoms with E-state index in [0.717, 1.165) is 12.8 Å². The molecule has 0 heterocycles. The lowest BCUT2D eigenvalue weighted by molar-refractivity contribution is -0.122. The molecule has 24 heavy (non-hydrogen) atoms. The minimum absolute atomic E-state index is 0.0178. The molecule has 0 radical (unpaired) electrons. The molecule has 4 aliphatic rings. The van der Waals surface area contributed by atoms with Gasteiger partial charge >= 0.3 is 5.97 Å². The summed E-state index contributed by atoms with van der Waals surface area (Å²) >= 11 is 5.81. The van der Waals surface area contributed by atoms with Gasteiger partial charge in [0.2, 0.25) is 0 Å². The second-order valence-electron chi connectivity index (χ2n) is 6.48. The third-order valence-corrected chi connectivity index (χ3v) is 5.40. The summed E-state index contributed by atoms with van der Waals surface area (Å²) in [5, 5.41) is 4.64. The predicted octanol–water partition coefficient (Wildman–Crippen LogP) is 3.82. The Labute approximate surface area is 144 Å². The fourth-order valence-electron chi connectivity index (χ4n) is 4.00. The van der Waals surface area contributed by atoms with Crippen LogP contribution in [0.25, 0.3) is 0 Å². The number of carbonyl (C=O) groups is 2. The quantitative estimate of drug-likeness (QED) is 0.467. The number of fused-ring (bicyclic) bond motifs is 1. The van der Waals surface area contributed by atoms with E-state index >= 15 is 0 Å². The Bertz CT molecular complexity index is 778. The standard InChI is InChI=1S/C19H16ClNO3/c20-14-7-5-13(6-8-14)19(23)24-21-15-9-10-16(22)18-12-3-1-11(2-4-12)17(15)18/h1,3,5-12,17-18H,2,4H2/b21-15+/t11-,12-,17+,18+/m0/s1. The zero-order valence-corrected chi connectivity index (χ0v) is 13.6. The second-order valence-corrected chi connectivity index (χ2v) is 6.92. The molecule has 5 rings (SSSR count). The van der Waals surface area contributed by atoms with Gasteiger partial charge in [0.15, 0.2) is 5.78 Å². The Morgan fingerprint density at radius 1 is 1.04 bits per heavy atom. The first-order valence-electron chi connectivity index (χ1n) is 8.08. The van der Waals surface area contributed by atoms with E-state index in [4.69, 9.17) is 16.4 Å². The van der Waals surface area contributed by atoms with Gasteiger partial charge in [0, 0.05) is 16.9 Å². The highest BCUT2D eigenvalue weighted by Crippen LogP contribution is 2.47. The fraction of sp³-hybridized carbons (Fsp3) is 0.316. The molecule has 4 aliphatic carbocycles. The molecule has 4 atom stereocenters. The van der Waals surface area contributed by atoms with Gasteiger partial charge in [-0.1, -0.05) is 28.9 Å². The zero-order chi connectivity index (χ0) is 16.7. The largest absolute Gasteiger partial charge is 0.365 e. The van der Waals surface area contributed by atoms with E-state index in [1.165, 1.54) is 0 Å². The van der Waals surface area contributed by atoms with Crippen LogP contribution in [-0.2, 0) is 9.63 Å². The van der Waals surface area contributed by atoms with Gasteiger partial charge in [-0.25, -0.2) is 4.79 Å².